The summed E-state index contributed by atoms with van der Waals surface area (Å²) in [4.78, 5) is 0. The van der Waals surface area contributed by atoms with Crippen LogP contribution in [0.3, 0.4) is 0 Å². The topological polar surface area (TPSA) is 43.8 Å². The van der Waals surface area contributed by atoms with E-state index >= 15 is 0 Å². The Morgan fingerprint density at radius 3 is 2.82 bits per heavy atom. The molecule has 0 aliphatic carbocycles. The Kier molecular flexibility index (Phi) is 3.19. The number of aromatic nitrogens is 2. The number of nitrogens with zero attached hydrogens (tertiary/aromatic N) is 2. The third-order valence-corrected chi connectivity index (χ3v) is 2.52. The predicted molar refractivity (Wildman–Crippen MR) is 60.3 cm³/mol. The van der Waals surface area contributed by atoms with Crippen molar-refractivity contribution in [2.24, 2.45) is 5.73 Å². The molecule has 0 aliphatic heterocycles. The van der Waals surface area contributed by atoms with Crippen molar-refractivity contribution in [3.63, 3.8) is 0 Å². The van der Waals surface area contributed by atoms with E-state index in [-0.39, 0.29) is 18.2 Å². The van der Waals surface area contributed by atoms with Crippen molar-refractivity contribution in [2.45, 2.75) is 19.5 Å². The Balaban J connectivity index is 2.22. The van der Waals surface area contributed by atoms with Gasteiger partial charge in [-0.15, -0.1) is 0 Å². The normalized spacial score (nSPS) is 12.7. The zero-order chi connectivity index (χ0) is 12.4. The molecule has 0 aliphatic rings. The first-order valence-electron chi connectivity index (χ1n) is 5.28. The van der Waals surface area contributed by atoms with Crippen molar-refractivity contribution < 1.29 is 8.78 Å². The van der Waals surface area contributed by atoms with Crippen LogP contribution in [-0.4, -0.2) is 9.78 Å². The molecule has 1 aromatic heterocycles. The fourth-order valence-electron chi connectivity index (χ4n) is 1.54. The van der Waals surface area contributed by atoms with Crippen LogP contribution >= 0.6 is 0 Å². The Morgan fingerprint density at radius 1 is 1.41 bits per heavy atom. The first-order valence-corrected chi connectivity index (χ1v) is 5.28. The van der Waals surface area contributed by atoms with Crippen molar-refractivity contribution in [3.05, 3.63) is 53.4 Å². The minimum absolute atomic E-state index is 0.124. The van der Waals surface area contributed by atoms with E-state index in [0.29, 0.717) is 0 Å². The second kappa shape index (κ2) is 4.63. The smallest absolute Gasteiger partial charge is 0.128 e. The van der Waals surface area contributed by atoms with Crippen LogP contribution in [0, 0.1) is 11.6 Å². The van der Waals surface area contributed by atoms with Crippen molar-refractivity contribution in [1.29, 1.82) is 0 Å². The van der Waals surface area contributed by atoms with Crippen LogP contribution in [0.25, 0.3) is 0 Å². The van der Waals surface area contributed by atoms with Crippen molar-refractivity contribution >= 4 is 0 Å². The monoisotopic (exact) mass is 237 g/mol. The lowest BCUT2D eigenvalue weighted by atomic mass is 10.2. The highest BCUT2D eigenvalue weighted by atomic mass is 19.1. The number of hydrogen-bond acceptors (Lipinski definition) is 2. The molecular weight excluding hydrogens is 224 g/mol. The molecule has 0 radical (unpaired) electrons. The van der Waals surface area contributed by atoms with Gasteiger partial charge in [0, 0.05) is 23.4 Å². The summed E-state index contributed by atoms with van der Waals surface area (Å²) < 4.78 is 27.9. The molecule has 1 atom stereocenters. The van der Waals surface area contributed by atoms with E-state index in [1.54, 1.807) is 12.4 Å². The number of hydrogen-bond donors (Lipinski definition) is 1. The predicted octanol–water partition coefficient (Wildman–Crippen LogP) is 2.23. The van der Waals surface area contributed by atoms with E-state index in [9.17, 15) is 8.78 Å². The maximum Gasteiger partial charge on any atom is 0.128 e. The third kappa shape index (κ3) is 2.68. The molecular formula is C12H13F2N3. The number of nitrogens with two attached hydrogens (primary N) is 1. The largest absolute Gasteiger partial charge is 0.324 e. The molecule has 90 valence electrons. The lowest BCUT2D eigenvalue weighted by Crippen LogP contribution is -2.05. The highest BCUT2D eigenvalue weighted by Crippen LogP contribution is 2.13. The van der Waals surface area contributed by atoms with Crippen LogP contribution in [0.4, 0.5) is 8.78 Å². The Labute approximate surface area is 97.9 Å². The highest BCUT2D eigenvalue weighted by molar-refractivity contribution is 5.19. The first-order chi connectivity index (χ1) is 8.06. The maximum absolute atomic E-state index is 13.4. The molecule has 0 spiro atoms. The lowest BCUT2D eigenvalue weighted by molar-refractivity contribution is 0.566. The van der Waals surface area contributed by atoms with Gasteiger partial charge in [0.15, 0.2) is 0 Å². The highest BCUT2D eigenvalue weighted by Gasteiger charge is 2.07. The molecule has 2 aromatic rings. The summed E-state index contributed by atoms with van der Waals surface area (Å²) in [5.74, 6) is -0.898. The van der Waals surface area contributed by atoms with Gasteiger partial charge in [-0.2, -0.15) is 5.10 Å². The van der Waals surface area contributed by atoms with Gasteiger partial charge in [-0.25, -0.2) is 8.78 Å². The van der Waals surface area contributed by atoms with Gasteiger partial charge in [-0.3, -0.25) is 4.68 Å². The van der Waals surface area contributed by atoms with E-state index in [0.717, 1.165) is 17.7 Å². The average Bonchev–Trinajstić information content (AvgIpc) is 2.72. The lowest BCUT2D eigenvalue weighted by Gasteiger charge is -2.04. The summed E-state index contributed by atoms with van der Waals surface area (Å²) in [6.45, 7) is 2.03. The first kappa shape index (κ1) is 11.7. The summed E-state index contributed by atoms with van der Waals surface area (Å²) in [7, 11) is 0. The maximum atomic E-state index is 13.4. The van der Waals surface area contributed by atoms with Crippen molar-refractivity contribution in [3.8, 4) is 0 Å². The van der Waals surface area contributed by atoms with Crippen LogP contribution in [0.1, 0.15) is 24.1 Å². The van der Waals surface area contributed by atoms with Gasteiger partial charge in [0.05, 0.1) is 12.7 Å². The quantitative estimate of drug-likeness (QED) is 0.889. The second-order valence-corrected chi connectivity index (χ2v) is 4.00. The zero-order valence-corrected chi connectivity index (χ0v) is 9.40. The van der Waals surface area contributed by atoms with Crippen LogP contribution in [0.15, 0.2) is 30.6 Å². The van der Waals surface area contributed by atoms with Gasteiger partial charge in [0.2, 0.25) is 0 Å². The van der Waals surface area contributed by atoms with Crippen molar-refractivity contribution in [2.75, 3.05) is 0 Å². The SMILES string of the molecule is CC(N)c1cnn(Cc2cc(F)ccc2F)c1. The van der Waals surface area contributed by atoms with Gasteiger partial charge in [-0.05, 0) is 25.1 Å². The van der Waals surface area contributed by atoms with Crippen LogP contribution in [0.2, 0.25) is 0 Å². The standard InChI is InChI=1S/C12H13F2N3/c1-8(15)10-5-16-17(7-10)6-9-4-11(13)2-3-12(9)14/h2-5,7-8H,6,15H2,1H3. The fraction of sp³-hybridized carbons (Fsp3) is 0.250. The van der Waals surface area contributed by atoms with Crippen LogP contribution in [-0.2, 0) is 6.54 Å². The summed E-state index contributed by atoms with van der Waals surface area (Å²) in [5, 5.41) is 4.05. The Morgan fingerprint density at radius 2 is 2.18 bits per heavy atom. The molecule has 5 heteroatoms. The second-order valence-electron chi connectivity index (χ2n) is 4.00. The van der Waals surface area contributed by atoms with E-state index in [1.165, 1.54) is 10.7 Å². The molecule has 0 amide bonds. The molecule has 0 saturated heterocycles. The van der Waals surface area contributed by atoms with E-state index in [1.807, 2.05) is 6.92 Å². The summed E-state index contributed by atoms with van der Waals surface area (Å²) in [6.07, 6.45) is 3.36. The van der Waals surface area contributed by atoms with E-state index < -0.39 is 11.6 Å². The molecule has 1 unspecified atom stereocenters. The molecule has 1 aromatic carbocycles. The van der Waals surface area contributed by atoms with E-state index in [2.05, 4.69) is 5.10 Å². The average molecular weight is 237 g/mol. The summed E-state index contributed by atoms with van der Waals surface area (Å²) >= 11 is 0. The summed E-state index contributed by atoms with van der Waals surface area (Å²) in [6, 6.07) is 3.25. The van der Waals surface area contributed by atoms with Gasteiger partial charge >= 0.3 is 0 Å². The van der Waals surface area contributed by atoms with Crippen molar-refractivity contribution in [1.82, 2.24) is 9.78 Å². The number of rotatable bonds is 3. The minimum Gasteiger partial charge on any atom is -0.324 e. The fourth-order valence-corrected chi connectivity index (χ4v) is 1.54. The Hall–Kier alpha value is -1.75. The van der Waals surface area contributed by atoms with Gasteiger partial charge in [-0.1, -0.05) is 0 Å². The number of halogens is 2. The van der Waals surface area contributed by atoms with E-state index in [4.69, 9.17) is 5.73 Å². The molecule has 0 saturated carbocycles. The molecule has 0 fully saturated rings. The molecule has 2 rings (SSSR count). The minimum atomic E-state index is -0.457. The molecule has 17 heavy (non-hydrogen) atoms. The Bertz CT molecular complexity index is 520. The molecule has 0 bridgehead atoms. The van der Waals surface area contributed by atoms with Gasteiger partial charge < -0.3 is 5.73 Å². The van der Waals surface area contributed by atoms with Crippen LogP contribution in [0.5, 0.6) is 0 Å². The summed E-state index contributed by atoms with van der Waals surface area (Å²) in [5.41, 5.74) is 6.82. The molecule has 3 nitrogen and oxygen atoms in total. The third-order valence-electron chi connectivity index (χ3n) is 2.52. The number of benzene rings is 1. The zero-order valence-electron chi connectivity index (χ0n) is 9.40. The molecule has 1 heterocycles. The molecule has 2 N–H and O–H groups in total. The van der Waals surface area contributed by atoms with Gasteiger partial charge in [0.1, 0.15) is 11.6 Å². The van der Waals surface area contributed by atoms with Gasteiger partial charge in [0.25, 0.3) is 0 Å². The van der Waals surface area contributed by atoms with Crippen LogP contribution < -0.4 is 5.73 Å².